The zero-order chi connectivity index (χ0) is 15.6. The van der Waals surface area contributed by atoms with Gasteiger partial charge in [0.25, 0.3) is 0 Å². The number of thioether (sulfide) groups is 1. The lowest BCUT2D eigenvalue weighted by Gasteiger charge is -2.27. The maximum absolute atomic E-state index is 11.6. The van der Waals surface area contributed by atoms with Crippen molar-refractivity contribution in [3.63, 3.8) is 0 Å². The van der Waals surface area contributed by atoms with Crippen molar-refractivity contribution in [3.05, 3.63) is 0 Å². The predicted octanol–water partition coefficient (Wildman–Crippen LogP) is -0.259. The van der Waals surface area contributed by atoms with E-state index in [2.05, 4.69) is 10.6 Å². The minimum Gasteiger partial charge on any atom is -0.396 e. The summed E-state index contributed by atoms with van der Waals surface area (Å²) in [5, 5.41) is 24.0. The molecule has 0 aliphatic carbocycles. The van der Waals surface area contributed by atoms with E-state index in [0.29, 0.717) is 13.0 Å². The fraction of sp³-hybridized carbons (Fsp3) is 0.846. The van der Waals surface area contributed by atoms with Crippen LogP contribution in [0.4, 0.5) is 0 Å². The number of aliphatic hydroxyl groups is 2. The minimum absolute atomic E-state index is 0.0375. The van der Waals surface area contributed by atoms with Gasteiger partial charge < -0.3 is 20.8 Å². The Kier molecular flexibility index (Phi) is 9.62. The molecular formula is C13H26N2O4S. The molecule has 0 saturated heterocycles. The average Bonchev–Trinajstić information content (AvgIpc) is 2.42. The van der Waals surface area contributed by atoms with Crippen molar-refractivity contribution in [2.75, 3.05) is 31.7 Å². The van der Waals surface area contributed by atoms with Gasteiger partial charge in [-0.15, -0.1) is 0 Å². The van der Waals surface area contributed by atoms with Crippen molar-refractivity contribution in [1.29, 1.82) is 0 Å². The molecule has 0 aromatic heterocycles. The topological polar surface area (TPSA) is 98.7 Å². The first-order valence-electron chi connectivity index (χ1n) is 6.67. The largest absolute Gasteiger partial charge is 0.396 e. The van der Waals surface area contributed by atoms with E-state index in [9.17, 15) is 14.7 Å². The fourth-order valence-electron chi connectivity index (χ4n) is 1.39. The lowest BCUT2D eigenvalue weighted by molar-refractivity contribution is -0.137. The van der Waals surface area contributed by atoms with Gasteiger partial charge in [0.2, 0.25) is 11.8 Å². The molecule has 0 radical (unpaired) electrons. The maximum Gasteiger partial charge on any atom is 0.249 e. The van der Waals surface area contributed by atoms with Crippen molar-refractivity contribution in [2.45, 2.75) is 32.8 Å². The molecule has 118 valence electrons. The predicted molar refractivity (Wildman–Crippen MR) is 80.5 cm³/mol. The van der Waals surface area contributed by atoms with Crippen LogP contribution in [0.25, 0.3) is 0 Å². The lowest BCUT2D eigenvalue weighted by atomic mass is 9.87. The van der Waals surface area contributed by atoms with Crippen LogP contribution in [0, 0.1) is 5.41 Å². The van der Waals surface area contributed by atoms with Gasteiger partial charge >= 0.3 is 0 Å². The summed E-state index contributed by atoms with van der Waals surface area (Å²) in [5.41, 5.74) is -0.884. The number of nitrogens with one attached hydrogen (secondary N) is 2. The Balaban J connectivity index is 3.79. The Bertz CT molecular complexity index is 311. The average molecular weight is 306 g/mol. The summed E-state index contributed by atoms with van der Waals surface area (Å²) >= 11 is 1.70. The van der Waals surface area contributed by atoms with Crippen molar-refractivity contribution in [3.8, 4) is 0 Å². The van der Waals surface area contributed by atoms with E-state index in [1.54, 1.807) is 25.6 Å². The summed E-state index contributed by atoms with van der Waals surface area (Å²) in [6.07, 6.45) is 2.04. The second-order valence-corrected chi connectivity index (χ2v) is 6.27. The van der Waals surface area contributed by atoms with Gasteiger partial charge in [0, 0.05) is 24.9 Å². The molecule has 0 heterocycles. The third-order valence-corrected chi connectivity index (χ3v) is 3.59. The van der Waals surface area contributed by atoms with Gasteiger partial charge in [-0.2, -0.15) is 11.8 Å². The van der Waals surface area contributed by atoms with Crippen LogP contribution in [0.15, 0.2) is 0 Å². The van der Waals surface area contributed by atoms with Crippen LogP contribution in [0.2, 0.25) is 0 Å². The Labute approximate surface area is 124 Å². The Morgan fingerprint density at radius 3 is 2.40 bits per heavy atom. The Morgan fingerprint density at radius 2 is 1.85 bits per heavy atom. The molecular weight excluding hydrogens is 280 g/mol. The van der Waals surface area contributed by atoms with Crippen LogP contribution < -0.4 is 10.6 Å². The molecule has 0 aliphatic rings. The van der Waals surface area contributed by atoms with Gasteiger partial charge in [0.05, 0.1) is 6.61 Å². The molecule has 0 aromatic rings. The van der Waals surface area contributed by atoms with Crippen molar-refractivity contribution in [1.82, 2.24) is 10.6 Å². The number of hydrogen-bond acceptors (Lipinski definition) is 5. The van der Waals surface area contributed by atoms with Crippen molar-refractivity contribution in [2.24, 2.45) is 5.41 Å². The van der Waals surface area contributed by atoms with Crippen LogP contribution in [0.5, 0.6) is 0 Å². The molecule has 1 atom stereocenters. The zero-order valence-electron chi connectivity index (χ0n) is 12.4. The van der Waals surface area contributed by atoms with E-state index >= 15 is 0 Å². The molecule has 6 nitrogen and oxygen atoms in total. The molecule has 0 unspecified atom stereocenters. The van der Waals surface area contributed by atoms with E-state index in [1.807, 2.05) is 6.26 Å². The van der Waals surface area contributed by atoms with E-state index in [1.165, 1.54) is 0 Å². The number of rotatable bonds is 10. The molecule has 0 aliphatic heterocycles. The first kappa shape index (κ1) is 19.2. The quantitative estimate of drug-likeness (QED) is 0.417. The highest BCUT2D eigenvalue weighted by Gasteiger charge is 2.32. The van der Waals surface area contributed by atoms with E-state index < -0.39 is 17.4 Å². The summed E-state index contributed by atoms with van der Waals surface area (Å²) in [6, 6.07) is 0. The number of hydrogen-bond donors (Lipinski definition) is 4. The van der Waals surface area contributed by atoms with Crippen LogP contribution >= 0.6 is 11.8 Å². The Morgan fingerprint density at radius 1 is 1.25 bits per heavy atom. The molecule has 0 rings (SSSR count). The van der Waals surface area contributed by atoms with Gasteiger partial charge in [-0.05, 0) is 18.4 Å². The van der Waals surface area contributed by atoms with Crippen LogP contribution in [-0.4, -0.2) is 59.8 Å². The summed E-state index contributed by atoms with van der Waals surface area (Å²) in [7, 11) is 0. The van der Waals surface area contributed by atoms with Crippen LogP contribution in [0.3, 0.4) is 0 Å². The second-order valence-electron chi connectivity index (χ2n) is 5.29. The maximum atomic E-state index is 11.6. The van der Waals surface area contributed by atoms with Crippen LogP contribution in [-0.2, 0) is 9.59 Å². The highest BCUT2D eigenvalue weighted by atomic mass is 32.2. The van der Waals surface area contributed by atoms with Gasteiger partial charge in [0.1, 0.15) is 6.10 Å². The Hall–Kier alpha value is -0.790. The summed E-state index contributed by atoms with van der Waals surface area (Å²) in [5.74, 6) is 0.372. The van der Waals surface area contributed by atoms with Gasteiger partial charge in [-0.25, -0.2) is 0 Å². The van der Waals surface area contributed by atoms with Crippen molar-refractivity contribution >= 4 is 23.6 Å². The highest BCUT2D eigenvalue weighted by molar-refractivity contribution is 7.98. The summed E-state index contributed by atoms with van der Waals surface area (Å²) < 4.78 is 0. The van der Waals surface area contributed by atoms with E-state index in [0.717, 1.165) is 12.2 Å². The molecule has 0 bridgehead atoms. The smallest absolute Gasteiger partial charge is 0.249 e. The molecule has 2 amide bonds. The molecule has 4 N–H and O–H groups in total. The molecule has 0 saturated carbocycles. The molecule has 20 heavy (non-hydrogen) atoms. The monoisotopic (exact) mass is 306 g/mol. The number of amides is 2. The lowest BCUT2D eigenvalue weighted by Crippen LogP contribution is -2.47. The summed E-state index contributed by atoms with van der Waals surface area (Å²) in [6.45, 7) is 3.51. The highest BCUT2D eigenvalue weighted by Crippen LogP contribution is 2.19. The molecule has 7 heteroatoms. The minimum atomic E-state index is -1.27. The van der Waals surface area contributed by atoms with Crippen molar-refractivity contribution < 1.29 is 19.8 Å². The molecule has 0 spiro atoms. The fourth-order valence-corrected chi connectivity index (χ4v) is 1.82. The van der Waals surface area contributed by atoms with Gasteiger partial charge in [-0.1, -0.05) is 13.8 Å². The SMILES string of the molecule is CSCCCC(=O)NCCNC(=O)[C@H](O)C(C)(C)CO. The standard InChI is InChI=1S/C13H26N2O4S/c1-13(2,9-16)11(18)12(19)15-7-6-14-10(17)5-4-8-20-3/h11,16,18H,4-9H2,1-3H3,(H,14,17)(H,15,19)/t11-/m0/s1. The number of carbonyl (C=O) groups excluding carboxylic acids is 2. The van der Waals surface area contributed by atoms with Gasteiger partial charge in [-0.3, -0.25) is 9.59 Å². The third kappa shape index (κ3) is 7.72. The van der Waals surface area contributed by atoms with E-state index in [-0.39, 0.29) is 19.1 Å². The van der Waals surface area contributed by atoms with Crippen LogP contribution in [0.1, 0.15) is 26.7 Å². The first-order chi connectivity index (χ1) is 9.35. The third-order valence-electron chi connectivity index (χ3n) is 2.89. The summed E-state index contributed by atoms with van der Waals surface area (Å²) in [4.78, 5) is 23.0. The normalized spacial score (nSPS) is 12.8. The first-order valence-corrected chi connectivity index (χ1v) is 8.07. The zero-order valence-corrected chi connectivity index (χ0v) is 13.3. The van der Waals surface area contributed by atoms with Gasteiger partial charge in [0.15, 0.2) is 0 Å². The molecule has 0 fully saturated rings. The van der Waals surface area contributed by atoms with E-state index in [4.69, 9.17) is 5.11 Å². The molecule has 0 aromatic carbocycles. The second kappa shape index (κ2) is 10.0. The number of carbonyl (C=O) groups is 2. The number of aliphatic hydroxyl groups excluding tert-OH is 2.